The Hall–Kier alpha value is -2.14. The van der Waals surface area contributed by atoms with E-state index in [1.807, 2.05) is 30.3 Å². The third-order valence-corrected chi connectivity index (χ3v) is 3.77. The molecule has 0 saturated carbocycles. The summed E-state index contributed by atoms with van der Waals surface area (Å²) in [5.41, 5.74) is 3.65. The number of anilines is 1. The number of carbonyl (C=O) groups is 2. The number of para-hydroxylation sites is 1. The highest BCUT2D eigenvalue weighted by atomic mass is 32.1. The first-order valence-corrected chi connectivity index (χ1v) is 6.60. The summed E-state index contributed by atoms with van der Waals surface area (Å²) in [7, 11) is 1.77. The lowest BCUT2D eigenvalue weighted by molar-refractivity contribution is 0.0954. The summed E-state index contributed by atoms with van der Waals surface area (Å²) in [4.78, 5) is 24.3. The number of amides is 1. The van der Waals surface area contributed by atoms with Gasteiger partial charge in [-0.15, -0.1) is 11.3 Å². The van der Waals surface area contributed by atoms with E-state index < -0.39 is 0 Å². The Morgan fingerprint density at radius 1 is 1.05 bits per heavy atom. The molecule has 0 radical (unpaired) electrons. The molecule has 0 aliphatic rings. The van der Waals surface area contributed by atoms with Gasteiger partial charge in [0.1, 0.15) is 0 Å². The lowest BCUT2D eigenvalue weighted by Gasteiger charge is -2.19. The highest BCUT2D eigenvalue weighted by molar-refractivity contribution is 7.15. The van der Waals surface area contributed by atoms with Gasteiger partial charge in [0.15, 0.2) is 5.78 Å². The lowest BCUT2D eigenvalue weighted by atomic mass is 10.3. The third kappa shape index (κ3) is 3.20. The number of benzene rings is 1. The van der Waals surface area contributed by atoms with Gasteiger partial charge < -0.3 is 0 Å². The van der Waals surface area contributed by atoms with Crippen molar-refractivity contribution in [3.8, 4) is 0 Å². The van der Waals surface area contributed by atoms with Crippen LogP contribution in [-0.2, 0) is 0 Å². The van der Waals surface area contributed by atoms with Crippen molar-refractivity contribution in [3.63, 3.8) is 0 Å². The van der Waals surface area contributed by atoms with Crippen molar-refractivity contribution in [1.29, 1.82) is 0 Å². The van der Waals surface area contributed by atoms with Crippen molar-refractivity contribution in [2.24, 2.45) is 0 Å². The average Bonchev–Trinajstić information content (AvgIpc) is 2.89. The van der Waals surface area contributed by atoms with Crippen LogP contribution in [0.25, 0.3) is 0 Å². The van der Waals surface area contributed by atoms with Gasteiger partial charge >= 0.3 is 0 Å². The standard InChI is InChI=1S/C14H14N2O2S/c1-10(17)12-8-9-13(19-12)14(18)15-16(2)11-6-4-3-5-7-11/h3-9H,1-2H3,(H,15,18). The van der Waals surface area contributed by atoms with Gasteiger partial charge in [-0.05, 0) is 31.2 Å². The van der Waals surface area contributed by atoms with E-state index in [1.54, 1.807) is 24.2 Å². The van der Waals surface area contributed by atoms with Crippen LogP contribution in [-0.4, -0.2) is 18.7 Å². The molecule has 0 fully saturated rings. The molecule has 98 valence electrons. The summed E-state index contributed by atoms with van der Waals surface area (Å²) in [5, 5.41) is 1.65. The molecule has 0 unspecified atom stereocenters. The zero-order chi connectivity index (χ0) is 13.8. The molecule has 0 aliphatic carbocycles. The summed E-state index contributed by atoms with van der Waals surface area (Å²) in [6.45, 7) is 1.49. The van der Waals surface area contributed by atoms with Crippen LogP contribution in [0.2, 0.25) is 0 Å². The molecule has 19 heavy (non-hydrogen) atoms. The molecule has 2 aromatic rings. The summed E-state index contributed by atoms with van der Waals surface area (Å²) in [5.74, 6) is -0.246. The summed E-state index contributed by atoms with van der Waals surface area (Å²) >= 11 is 1.20. The summed E-state index contributed by atoms with van der Waals surface area (Å²) in [6.07, 6.45) is 0. The maximum absolute atomic E-state index is 12.0. The molecule has 1 aromatic heterocycles. The number of thiophene rings is 1. The zero-order valence-corrected chi connectivity index (χ0v) is 11.5. The molecular weight excluding hydrogens is 260 g/mol. The molecule has 0 spiro atoms. The number of nitrogens with one attached hydrogen (secondary N) is 1. The number of rotatable bonds is 4. The van der Waals surface area contributed by atoms with Crippen molar-refractivity contribution < 1.29 is 9.59 Å². The highest BCUT2D eigenvalue weighted by Crippen LogP contribution is 2.17. The van der Waals surface area contributed by atoms with Gasteiger partial charge in [-0.1, -0.05) is 18.2 Å². The smallest absolute Gasteiger partial charge is 0.279 e. The maximum Gasteiger partial charge on any atom is 0.279 e. The number of hydrogen-bond donors (Lipinski definition) is 1. The van der Waals surface area contributed by atoms with Gasteiger partial charge in [-0.2, -0.15) is 0 Å². The number of nitrogens with zero attached hydrogens (tertiary/aromatic N) is 1. The van der Waals surface area contributed by atoms with Crippen LogP contribution >= 0.6 is 11.3 Å². The van der Waals surface area contributed by atoms with E-state index in [4.69, 9.17) is 0 Å². The van der Waals surface area contributed by atoms with Crippen LogP contribution in [0.3, 0.4) is 0 Å². The fourth-order valence-corrected chi connectivity index (χ4v) is 2.36. The van der Waals surface area contributed by atoms with Crippen molar-refractivity contribution in [2.45, 2.75) is 6.92 Å². The monoisotopic (exact) mass is 274 g/mol. The van der Waals surface area contributed by atoms with Crippen LogP contribution < -0.4 is 10.4 Å². The maximum atomic E-state index is 12.0. The first-order valence-electron chi connectivity index (χ1n) is 5.78. The molecule has 2 rings (SSSR count). The molecule has 1 aromatic carbocycles. The molecular formula is C14H14N2O2S. The van der Waals surface area contributed by atoms with Crippen molar-refractivity contribution in [3.05, 3.63) is 52.2 Å². The topological polar surface area (TPSA) is 49.4 Å². The van der Waals surface area contributed by atoms with Gasteiger partial charge in [0.25, 0.3) is 5.91 Å². The Morgan fingerprint density at radius 3 is 2.26 bits per heavy atom. The SMILES string of the molecule is CC(=O)c1ccc(C(=O)NN(C)c2ccccc2)s1. The van der Waals surface area contributed by atoms with Crippen LogP contribution in [0, 0.1) is 0 Å². The molecule has 5 heteroatoms. The van der Waals surface area contributed by atoms with Gasteiger partial charge in [-0.3, -0.25) is 20.0 Å². The molecule has 4 nitrogen and oxygen atoms in total. The Balaban J connectivity index is 2.06. The first kappa shape index (κ1) is 13.3. The Kier molecular flexibility index (Phi) is 3.97. The number of hydrogen-bond acceptors (Lipinski definition) is 4. The fraction of sp³-hybridized carbons (Fsp3) is 0.143. The Labute approximate surface area is 115 Å². The predicted octanol–water partition coefficient (Wildman–Crippen LogP) is 2.73. The molecule has 0 bridgehead atoms. The molecule has 1 heterocycles. The van der Waals surface area contributed by atoms with E-state index in [-0.39, 0.29) is 11.7 Å². The molecule has 0 aliphatic heterocycles. The minimum absolute atomic E-state index is 0.0273. The van der Waals surface area contributed by atoms with Crippen LogP contribution in [0.5, 0.6) is 0 Å². The van der Waals surface area contributed by atoms with Crippen LogP contribution in [0.4, 0.5) is 5.69 Å². The third-order valence-electron chi connectivity index (χ3n) is 2.59. The summed E-state index contributed by atoms with van der Waals surface area (Å²) < 4.78 is 0. The predicted molar refractivity (Wildman–Crippen MR) is 76.6 cm³/mol. The van der Waals surface area contributed by atoms with E-state index in [1.165, 1.54) is 18.3 Å². The zero-order valence-electron chi connectivity index (χ0n) is 10.7. The quantitative estimate of drug-likeness (QED) is 0.689. The van der Waals surface area contributed by atoms with E-state index in [9.17, 15) is 9.59 Å². The minimum atomic E-state index is -0.219. The van der Waals surface area contributed by atoms with Gasteiger partial charge in [0.05, 0.1) is 15.4 Å². The van der Waals surface area contributed by atoms with Crippen LogP contribution in [0.15, 0.2) is 42.5 Å². The second-order valence-corrected chi connectivity index (χ2v) is 5.14. The van der Waals surface area contributed by atoms with Gasteiger partial charge in [0.2, 0.25) is 0 Å². The van der Waals surface area contributed by atoms with Gasteiger partial charge in [0, 0.05) is 7.05 Å². The highest BCUT2D eigenvalue weighted by Gasteiger charge is 2.12. The van der Waals surface area contributed by atoms with E-state index in [0.717, 1.165) is 5.69 Å². The molecule has 0 atom stereocenters. The lowest BCUT2D eigenvalue weighted by Crippen LogP contribution is -2.38. The number of carbonyl (C=O) groups excluding carboxylic acids is 2. The normalized spacial score (nSPS) is 10.0. The fourth-order valence-electron chi connectivity index (χ4n) is 1.57. The number of hydrazine groups is 1. The Morgan fingerprint density at radius 2 is 1.68 bits per heavy atom. The van der Waals surface area contributed by atoms with Crippen molar-refractivity contribution >= 4 is 28.7 Å². The van der Waals surface area contributed by atoms with Crippen molar-refractivity contribution in [1.82, 2.24) is 5.43 Å². The van der Waals surface area contributed by atoms with E-state index >= 15 is 0 Å². The van der Waals surface area contributed by atoms with E-state index in [2.05, 4.69) is 5.43 Å². The number of ketones is 1. The second-order valence-electron chi connectivity index (χ2n) is 4.06. The minimum Gasteiger partial charge on any atom is -0.294 e. The molecule has 1 amide bonds. The molecule has 1 N–H and O–H groups in total. The average molecular weight is 274 g/mol. The number of Topliss-reactive ketones (excluding diaryl/α,β-unsaturated/α-hetero) is 1. The first-order chi connectivity index (χ1) is 9.08. The van der Waals surface area contributed by atoms with Crippen LogP contribution in [0.1, 0.15) is 26.3 Å². The second kappa shape index (κ2) is 5.67. The largest absolute Gasteiger partial charge is 0.294 e. The van der Waals surface area contributed by atoms with Crippen molar-refractivity contribution in [2.75, 3.05) is 12.1 Å². The van der Waals surface area contributed by atoms with Gasteiger partial charge in [-0.25, -0.2) is 0 Å². The Bertz CT molecular complexity index is 593. The molecule has 0 saturated heterocycles. The summed E-state index contributed by atoms with van der Waals surface area (Å²) in [6, 6.07) is 12.8. The van der Waals surface area contributed by atoms with E-state index in [0.29, 0.717) is 9.75 Å².